The number of nitrogens with two attached hydrogens (primary N) is 1. The molecule has 0 bridgehead atoms. The first-order chi connectivity index (χ1) is 7.66. The molecule has 88 valence electrons. The zero-order chi connectivity index (χ0) is 11.5. The second-order valence-electron chi connectivity index (χ2n) is 4.53. The maximum Gasteiger partial charge on any atom is 0.224 e. The Morgan fingerprint density at radius 3 is 3.06 bits per heavy atom. The van der Waals surface area contributed by atoms with E-state index in [1.165, 1.54) is 0 Å². The Morgan fingerprint density at radius 2 is 2.50 bits per heavy atom. The van der Waals surface area contributed by atoms with Crippen molar-refractivity contribution in [2.24, 2.45) is 11.7 Å². The fourth-order valence-corrected chi connectivity index (χ4v) is 1.75. The Balaban J connectivity index is 1.68. The van der Waals surface area contributed by atoms with Crippen LogP contribution in [-0.4, -0.2) is 18.0 Å². The summed E-state index contributed by atoms with van der Waals surface area (Å²) in [6.45, 7) is 2.01. The van der Waals surface area contributed by atoms with Gasteiger partial charge in [-0.05, 0) is 31.9 Å². The third kappa shape index (κ3) is 2.85. The summed E-state index contributed by atoms with van der Waals surface area (Å²) in [6, 6.07) is 4.08. The number of rotatable bonds is 5. The normalized spacial score (nSPS) is 25.1. The minimum atomic E-state index is 0.0473. The van der Waals surface area contributed by atoms with Gasteiger partial charge in [0.25, 0.3) is 0 Å². The van der Waals surface area contributed by atoms with Crippen LogP contribution in [0, 0.1) is 5.92 Å². The number of nitrogens with one attached hydrogen (secondary N) is 1. The summed E-state index contributed by atoms with van der Waals surface area (Å²) in [4.78, 5) is 11.6. The monoisotopic (exact) mass is 222 g/mol. The van der Waals surface area contributed by atoms with Crippen LogP contribution in [-0.2, 0) is 11.2 Å². The molecule has 0 aromatic carbocycles. The smallest absolute Gasteiger partial charge is 0.224 e. The molecular formula is C12H18N2O2. The molecule has 16 heavy (non-hydrogen) atoms. The second kappa shape index (κ2) is 4.70. The van der Waals surface area contributed by atoms with Gasteiger partial charge < -0.3 is 15.5 Å². The van der Waals surface area contributed by atoms with E-state index in [9.17, 15) is 4.79 Å². The van der Waals surface area contributed by atoms with Crippen molar-refractivity contribution in [2.75, 3.05) is 0 Å². The molecule has 2 rings (SSSR count). The van der Waals surface area contributed by atoms with Crippen LogP contribution in [0.3, 0.4) is 0 Å². The standard InChI is InChI=1S/C12H18N2O2/c1-8(4-5-9-3-2-6-16-9)14-12(15)10-7-11(10)13/h2-3,6,8,10-11H,4-5,7,13H2,1H3,(H,14,15). The first-order valence-corrected chi connectivity index (χ1v) is 5.75. The molecule has 4 heteroatoms. The average Bonchev–Trinajstić information content (AvgIpc) is 2.79. The summed E-state index contributed by atoms with van der Waals surface area (Å²) in [6.07, 6.45) is 4.24. The maximum atomic E-state index is 11.6. The van der Waals surface area contributed by atoms with Gasteiger partial charge in [0.1, 0.15) is 5.76 Å². The molecular weight excluding hydrogens is 204 g/mol. The van der Waals surface area contributed by atoms with Crippen molar-refractivity contribution in [3.8, 4) is 0 Å². The van der Waals surface area contributed by atoms with Gasteiger partial charge in [-0.3, -0.25) is 4.79 Å². The molecule has 1 amide bonds. The fourth-order valence-electron chi connectivity index (χ4n) is 1.75. The molecule has 1 heterocycles. The molecule has 3 unspecified atom stereocenters. The largest absolute Gasteiger partial charge is 0.469 e. The van der Waals surface area contributed by atoms with Crippen molar-refractivity contribution >= 4 is 5.91 Å². The lowest BCUT2D eigenvalue weighted by molar-refractivity contribution is -0.123. The molecule has 0 saturated heterocycles. The average molecular weight is 222 g/mol. The third-order valence-electron chi connectivity index (χ3n) is 2.97. The zero-order valence-electron chi connectivity index (χ0n) is 9.48. The summed E-state index contributed by atoms with van der Waals surface area (Å²) < 4.78 is 5.23. The zero-order valence-corrected chi connectivity index (χ0v) is 9.48. The minimum Gasteiger partial charge on any atom is -0.469 e. The fraction of sp³-hybridized carbons (Fsp3) is 0.583. The molecule has 0 spiro atoms. The number of carbonyl (C=O) groups excluding carboxylic acids is 1. The molecule has 3 atom stereocenters. The van der Waals surface area contributed by atoms with E-state index in [0.717, 1.165) is 25.0 Å². The first-order valence-electron chi connectivity index (χ1n) is 5.75. The number of aryl methyl sites for hydroxylation is 1. The van der Waals surface area contributed by atoms with E-state index in [1.54, 1.807) is 6.26 Å². The number of furan rings is 1. The topological polar surface area (TPSA) is 68.3 Å². The predicted molar refractivity (Wildman–Crippen MR) is 60.7 cm³/mol. The van der Waals surface area contributed by atoms with Gasteiger partial charge in [0.15, 0.2) is 0 Å². The van der Waals surface area contributed by atoms with E-state index in [-0.39, 0.29) is 23.9 Å². The second-order valence-corrected chi connectivity index (χ2v) is 4.53. The first kappa shape index (κ1) is 11.2. The molecule has 1 saturated carbocycles. The molecule has 1 aromatic heterocycles. The maximum absolute atomic E-state index is 11.6. The predicted octanol–water partition coefficient (Wildman–Crippen LogP) is 1.06. The van der Waals surface area contributed by atoms with Gasteiger partial charge in [0.2, 0.25) is 5.91 Å². The summed E-state index contributed by atoms with van der Waals surface area (Å²) in [7, 11) is 0. The Bertz CT molecular complexity index is 348. The Hall–Kier alpha value is -1.29. The van der Waals surface area contributed by atoms with Crippen LogP contribution in [0.15, 0.2) is 22.8 Å². The summed E-state index contributed by atoms with van der Waals surface area (Å²) in [5, 5.41) is 2.97. The molecule has 1 fully saturated rings. The number of carbonyl (C=O) groups is 1. The van der Waals surface area contributed by atoms with Crippen molar-refractivity contribution in [2.45, 2.75) is 38.3 Å². The molecule has 0 radical (unpaired) electrons. The van der Waals surface area contributed by atoms with Crippen LogP contribution in [0.25, 0.3) is 0 Å². The van der Waals surface area contributed by atoms with E-state index in [2.05, 4.69) is 5.32 Å². The lowest BCUT2D eigenvalue weighted by Gasteiger charge is -2.12. The summed E-state index contributed by atoms with van der Waals surface area (Å²) in [5.41, 5.74) is 5.62. The Kier molecular flexibility index (Phi) is 3.29. The molecule has 1 aliphatic carbocycles. The van der Waals surface area contributed by atoms with Crippen molar-refractivity contribution in [1.29, 1.82) is 0 Å². The van der Waals surface area contributed by atoms with E-state index in [4.69, 9.17) is 10.2 Å². The SMILES string of the molecule is CC(CCc1ccco1)NC(=O)C1CC1N. The number of amides is 1. The van der Waals surface area contributed by atoms with Crippen LogP contribution in [0.5, 0.6) is 0 Å². The molecule has 3 N–H and O–H groups in total. The molecule has 4 nitrogen and oxygen atoms in total. The van der Waals surface area contributed by atoms with Crippen molar-refractivity contribution < 1.29 is 9.21 Å². The highest BCUT2D eigenvalue weighted by atomic mass is 16.3. The van der Waals surface area contributed by atoms with Crippen LogP contribution < -0.4 is 11.1 Å². The lowest BCUT2D eigenvalue weighted by Crippen LogP contribution is -2.35. The number of hydrogen-bond acceptors (Lipinski definition) is 3. The van der Waals surface area contributed by atoms with Gasteiger partial charge in [0.05, 0.1) is 12.2 Å². The van der Waals surface area contributed by atoms with Gasteiger partial charge >= 0.3 is 0 Å². The van der Waals surface area contributed by atoms with Crippen LogP contribution in [0.1, 0.15) is 25.5 Å². The molecule has 1 aliphatic rings. The summed E-state index contributed by atoms with van der Waals surface area (Å²) >= 11 is 0. The van der Waals surface area contributed by atoms with Crippen LogP contribution in [0.4, 0.5) is 0 Å². The van der Waals surface area contributed by atoms with E-state index in [1.807, 2.05) is 19.1 Å². The van der Waals surface area contributed by atoms with Crippen molar-refractivity contribution in [3.05, 3.63) is 24.2 Å². The van der Waals surface area contributed by atoms with Gasteiger partial charge in [-0.25, -0.2) is 0 Å². The third-order valence-corrected chi connectivity index (χ3v) is 2.97. The lowest BCUT2D eigenvalue weighted by atomic mass is 10.1. The minimum absolute atomic E-state index is 0.0473. The van der Waals surface area contributed by atoms with Crippen molar-refractivity contribution in [3.63, 3.8) is 0 Å². The van der Waals surface area contributed by atoms with E-state index >= 15 is 0 Å². The molecule has 0 aliphatic heterocycles. The van der Waals surface area contributed by atoms with Gasteiger partial charge in [-0.1, -0.05) is 0 Å². The van der Waals surface area contributed by atoms with Gasteiger partial charge in [0, 0.05) is 18.5 Å². The van der Waals surface area contributed by atoms with Crippen molar-refractivity contribution in [1.82, 2.24) is 5.32 Å². The highest BCUT2D eigenvalue weighted by Crippen LogP contribution is 2.27. The van der Waals surface area contributed by atoms with E-state index < -0.39 is 0 Å². The van der Waals surface area contributed by atoms with Gasteiger partial charge in [-0.15, -0.1) is 0 Å². The number of hydrogen-bond donors (Lipinski definition) is 2. The highest BCUT2D eigenvalue weighted by Gasteiger charge is 2.40. The Morgan fingerprint density at radius 1 is 1.75 bits per heavy atom. The van der Waals surface area contributed by atoms with E-state index in [0.29, 0.717) is 0 Å². The Labute approximate surface area is 95.2 Å². The molecule has 1 aromatic rings. The quantitative estimate of drug-likeness (QED) is 0.782. The van der Waals surface area contributed by atoms with Crippen LogP contribution >= 0.6 is 0 Å². The van der Waals surface area contributed by atoms with Crippen LogP contribution in [0.2, 0.25) is 0 Å². The van der Waals surface area contributed by atoms with Gasteiger partial charge in [-0.2, -0.15) is 0 Å². The summed E-state index contributed by atoms with van der Waals surface area (Å²) in [5.74, 6) is 1.11. The highest BCUT2D eigenvalue weighted by molar-refractivity contribution is 5.82.